The van der Waals surface area contributed by atoms with Crippen molar-refractivity contribution in [1.29, 1.82) is 0 Å². The van der Waals surface area contributed by atoms with E-state index in [0.717, 1.165) is 50.3 Å². The van der Waals surface area contributed by atoms with Crippen molar-refractivity contribution in [3.8, 4) is 0 Å². The number of rotatable bonds is 6. The van der Waals surface area contributed by atoms with Gasteiger partial charge in [-0.25, -0.2) is 0 Å². The van der Waals surface area contributed by atoms with E-state index in [0.29, 0.717) is 30.9 Å². The number of nitrogens with zero attached hydrogens (tertiary/aromatic N) is 3. The molecule has 0 aromatic carbocycles. The number of hydrogen-bond donors (Lipinski definition) is 0. The van der Waals surface area contributed by atoms with E-state index in [1.807, 2.05) is 17.9 Å². The highest BCUT2D eigenvalue weighted by atomic mass is 32.1. The van der Waals surface area contributed by atoms with Crippen molar-refractivity contribution in [2.24, 2.45) is 29.6 Å². The second-order valence-corrected chi connectivity index (χ2v) is 9.75. The summed E-state index contributed by atoms with van der Waals surface area (Å²) < 4.78 is 9.46. The van der Waals surface area contributed by atoms with Crippen LogP contribution in [0.5, 0.6) is 0 Å². The molecule has 3 heterocycles. The number of hydrogen-bond acceptors (Lipinski definition) is 6. The van der Waals surface area contributed by atoms with Crippen LogP contribution in [0.25, 0.3) is 0 Å². The van der Waals surface area contributed by atoms with Crippen molar-refractivity contribution >= 4 is 28.4 Å². The lowest BCUT2D eigenvalue weighted by atomic mass is 9.67. The number of carbonyl (C=O) groups is 2. The van der Waals surface area contributed by atoms with Gasteiger partial charge in [0.2, 0.25) is 5.91 Å². The number of aromatic nitrogens is 1. The molecule has 1 aromatic heterocycles. The van der Waals surface area contributed by atoms with Gasteiger partial charge in [0.15, 0.2) is 0 Å². The molecule has 3 fully saturated rings. The van der Waals surface area contributed by atoms with Crippen LogP contribution >= 0.6 is 11.5 Å². The Balaban J connectivity index is 1.23. The molecule has 0 spiro atoms. The molecular formula is C22H33N3O3S. The van der Waals surface area contributed by atoms with Crippen LogP contribution in [0.4, 0.5) is 5.00 Å². The number of fused-ring (bicyclic) bond motifs is 1. The van der Waals surface area contributed by atoms with Gasteiger partial charge in [-0.1, -0.05) is 6.92 Å². The predicted molar refractivity (Wildman–Crippen MR) is 114 cm³/mol. The zero-order chi connectivity index (χ0) is 20.4. The van der Waals surface area contributed by atoms with Crippen LogP contribution in [0.3, 0.4) is 0 Å². The smallest absolute Gasteiger partial charge is 0.309 e. The van der Waals surface area contributed by atoms with Gasteiger partial charge in [-0.2, -0.15) is 4.37 Å². The number of esters is 1. The van der Waals surface area contributed by atoms with E-state index in [-0.39, 0.29) is 23.7 Å². The van der Waals surface area contributed by atoms with E-state index in [9.17, 15) is 9.59 Å². The maximum Gasteiger partial charge on any atom is 0.309 e. The lowest BCUT2D eigenvalue weighted by Gasteiger charge is -2.38. The molecule has 1 aromatic rings. The van der Waals surface area contributed by atoms with Gasteiger partial charge >= 0.3 is 5.97 Å². The average Bonchev–Trinajstić information content (AvgIpc) is 3.39. The lowest BCUT2D eigenvalue weighted by Crippen LogP contribution is -2.43. The first-order chi connectivity index (χ1) is 14.1. The van der Waals surface area contributed by atoms with Crippen molar-refractivity contribution in [1.82, 2.24) is 9.27 Å². The highest BCUT2D eigenvalue weighted by molar-refractivity contribution is 7.10. The fourth-order valence-electron chi connectivity index (χ4n) is 5.58. The number of ether oxygens (including phenoxy) is 1. The normalized spacial score (nSPS) is 30.8. The summed E-state index contributed by atoms with van der Waals surface area (Å²) in [5.41, 5.74) is 0. The van der Waals surface area contributed by atoms with Gasteiger partial charge < -0.3 is 14.5 Å². The molecule has 4 rings (SSSR count). The Labute approximate surface area is 177 Å². The van der Waals surface area contributed by atoms with Gasteiger partial charge in [0, 0.05) is 24.6 Å². The Hall–Kier alpha value is -1.47. The number of likely N-dealkylation sites (tertiary alicyclic amines) is 1. The molecule has 160 valence electrons. The van der Waals surface area contributed by atoms with Gasteiger partial charge in [-0.05, 0) is 88.1 Å². The Morgan fingerprint density at radius 3 is 2.79 bits per heavy atom. The maximum absolute atomic E-state index is 13.0. The Morgan fingerprint density at radius 2 is 2.10 bits per heavy atom. The van der Waals surface area contributed by atoms with Crippen LogP contribution in [0.2, 0.25) is 0 Å². The van der Waals surface area contributed by atoms with Gasteiger partial charge in [-0.15, -0.1) is 0 Å². The molecule has 2 saturated heterocycles. The molecule has 0 radical (unpaired) electrons. The minimum absolute atomic E-state index is 0.0338. The van der Waals surface area contributed by atoms with Gasteiger partial charge in [0.05, 0.1) is 12.5 Å². The van der Waals surface area contributed by atoms with Gasteiger partial charge in [0.25, 0.3) is 0 Å². The molecular weight excluding hydrogens is 386 g/mol. The highest BCUT2D eigenvalue weighted by Gasteiger charge is 2.45. The molecule has 0 N–H and O–H groups in total. The van der Waals surface area contributed by atoms with Crippen LogP contribution in [0.15, 0.2) is 12.3 Å². The maximum atomic E-state index is 13.0. The molecule has 1 saturated carbocycles. The topological polar surface area (TPSA) is 62.7 Å². The molecule has 3 aliphatic rings. The fourth-order valence-corrected chi connectivity index (χ4v) is 6.25. The Morgan fingerprint density at radius 1 is 1.31 bits per heavy atom. The van der Waals surface area contributed by atoms with Gasteiger partial charge in [0.1, 0.15) is 5.00 Å². The third-order valence-electron chi connectivity index (χ3n) is 7.53. The van der Waals surface area contributed by atoms with Crippen LogP contribution in [0.1, 0.15) is 46.0 Å². The van der Waals surface area contributed by atoms with E-state index in [4.69, 9.17) is 4.74 Å². The standard InChI is InChI=1S/C22H33N3O3S/c1-3-25(20-6-10-23-29-20)21(26)17-8-12-24(13-9-17)11-7-16-4-5-18-19(15(16)2)14-28-22(18)27/h6,10,15-19H,3-5,7-9,11-14H2,1-2H3. The Kier molecular flexibility index (Phi) is 6.54. The second-order valence-electron chi connectivity index (χ2n) is 8.93. The summed E-state index contributed by atoms with van der Waals surface area (Å²) in [6, 6.07) is 1.93. The lowest BCUT2D eigenvalue weighted by molar-refractivity contribution is -0.141. The van der Waals surface area contributed by atoms with Gasteiger partial charge in [-0.3, -0.25) is 9.59 Å². The molecule has 0 bridgehead atoms. The van der Waals surface area contributed by atoms with Crippen molar-refractivity contribution in [2.75, 3.05) is 37.7 Å². The SMILES string of the molecule is CCN(C(=O)C1CCN(CCC2CCC3C(=O)OCC3C2C)CC1)c1ccns1. The summed E-state index contributed by atoms with van der Waals surface area (Å²) >= 11 is 1.39. The molecule has 2 aliphatic heterocycles. The zero-order valence-corrected chi connectivity index (χ0v) is 18.4. The first kappa shape index (κ1) is 20.8. The van der Waals surface area contributed by atoms with E-state index in [1.54, 1.807) is 6.20 Å². The van der Waals surface area contributed by atoms with E-state index in [2.05, 4.69) is 16.2 Å². The molecule has 4 unspecified atom stereocenters. The highest BCUT2D eigenvalue weighted by Crippen LogP contribution is 2.44. The quantitative estimate of drug-likeness (QED) is 0.661. The molecule has 6 nitrogen and oxygen atoms in total. The van der Waals surface area contributed by atoms with Crippen molar-refractivity contribution < 1.29 is 14.3 Å². The number of amides is 1. The van der Waals surface area contributed by atoms with Crippen LogP contribution in [-0.2, 0) is 14.3 Å². The molecule has 7 heteroatoms. The predicted octanol–water partition coefficient (Wildman–Crippen LogP) is 3.43. The minimum atomic E-state index is 0.0338. The summed E-state index contributed by atoms with van der Waals surface area (Å²) in [6.07, 6.45) is 6.99. The Bertz CT molecular complexity index is 702. The van der Waals surface area contributed by atoms with E-state index >= 15 is 0 Å². The molecule has 1 amide bonds. The molecule has 29 heavy (non-hydrogen) atoms. The number of anilines is 1. The summed E-state index contributed by atoms with van der Waals surface area (Å²) in [4.78, 5) is 29.2. The average molecular weight is 420 g/mol. The van der Waals surface area contributed by atoms with Crippen molar-refractivity contribution in [3.05, 3.63) is 12.3 Å². The summed E-state index contributed by atoms with van der Waals surface area (Å²) in [7, 11) is 0. The monoisotopic (exact) mass is 419 g/mol. The van der Waals surface area contributed by atoms with Crippen LogP contribution < -0.4 is 4.90 Å². The zero-order valence-electron chi connectivity index (χ0n) is 17.6. The van der Waals surface area contributed by atoms with E-state index < -0.39 is 0 Å². The second kappa shape index (κ2) is 9.13. The first-order valence-corrected chi connectivity index (χ1v) is 12.0. The van der Waals surface area contributed by atoms with E-state index in [1.165, 1.54) is 18.0 Å². The summed E-state index contributed by atoms with van der Waals surface area (Å²) in [5.74, 6) is 2.26. The number of piperidine rings is 1. The third kappa shape index (κ3) is 4.36. The van der Waals surface area contributed by atoms with Crippen molar-refractivity contribution in [2.45, 2.75) is 46.0 Å². The van der Waals surface area contributed by atoms with Crippen molar-refractivity contribution in [3.63, 3.8) is 0 Å². The molecule has 4 atom stereocenters. The summed E-state index contributed by atoms with van der Waals surface area (Å²) in [6.45, 7) is 8.79. The van der Waals surface area contributed by atoms with Crippen LogP contribution in [-0.4, -0.2) is 53.9 Å². The van der Waals surface area contributed by atoms with Crippen LogP contribution in [0, 0.1) is 29.6 Å². The summed E-state index contributed by atoms with van der Waals surface area (Å²) in [5, 5.41) is 0.957. The fraction of sp³-hybridized carbons (Fsp3) is 0.773. The third-order valence-corrected chi connectivity index (χ3v) is 8.30. The minimum Gasteiger partial charge on any atom is -0.465 e. The largest absolute Gasteiger partial charge is 0.465 e. The molecule has 1 aliphatic carbocycles. The first-order valence-electron chi connectivity index (χ1n) is 11.2. The number of carbonyl (C=O) groups excluding carboxylic acids is 2. The number of cyclic esters (lactones) is 1.